The van der Waals surface area contributed by atoms with Gasteiger partial charge in [0.05, 0.1) is 0 Å². The number of benzene rings is 1. The van der Waals surface area contributed by atoms with E-state index >= 15 is 0 Å². The van der Waals surface area contributed by atoms with Gasteiger partial charge in [0.25, 0.3) is 0 Å². The molecule has 32 heavy (non-hydrogen) atoms. The lowest BCUT2D eigenvalue weighted by Gasteiger charge is -2.32. The molecule has 0 N–H and O–H groups in total. The van der Waals surface area contributed by atoms with E-state index in [1.165, 1.54) is 44.9 Å². The third-order valence-electron chi connectivity index (χ3n) is 7.38. The van der Waals surface area contributed by atoms with E-state index in [1.807, 2.05) is 0 Å². The number of hydrogen-bond acceptors (Lipinski definition) is 1. The lowest BCUT2D eigenvalue weighted by molar-refractivity contribution is -0.276. The highest BCUT2D eigenvalue weighted by Crippen LogP contribution is 2.41. The second kappa shape index (κ2) is 11.5. The Morgan fingerprint density at radius 1 is 0.812 bits per heavy atom. The second-order valence-electron chi connectivity index (χ2n) is 9.66. The Bertz CT molecular complexity index is 718. The molecule has 0 amide bonds. The smallest absolute Gasteiger partial charge is 0.399 e. The molecule has 2 aliphatic carbocycles. The van der Waals surface area contributed by atoms with Crippen molar-refractivity contribution in [3.8, 4) is 5.75 Å². The summed E-state index contributed by atoms with van der Waals surface area (Å²) in [5.41, 5.74) is 0.434. The van der Waals surface area contributed by atoms with Crippen molar-refractivity contribution >= 4 is 0 Å². The van der Waals surface area contributed by atoms with Crippen LogP contribution in [0.2, 0.25) is 0 Å². The minimum Gasteiger partial charge on any atom is -0.399 e. The quantitative estimate of drug-likeness (QED) is 0.279. The van der Waals surface area contributed by atoms with Gasteiger partial charge in [-0.2, -0.15) is 0 Å². The van der Waals surface area contributed by atoms with Crippen LogP contribution >= 0.6 is 0 Å². The Morgan fingerprint density at radius 2 is 1.31 bits per heavy atom. The summed E-state index contributed by atoms with van der Waals surface area (Å²) < 4.78 is 68.6. The van der Waals surface area contributed by atoms with Crippen molar-refractivity contribution in [2.75, 3.05) is 0 Å². The van der Waals surface area contributed by atoms with Gasteiger partial charge in [-0.25, -0.2) is 8.78 Å². The minimum atomic E-state index is -5.12. The summed E-state index contributed by atoms with van der Waals surface area (Å²) in [5.74, 6) is -1.66. The summed E-state index contributed by atoms with van der Waals surface area (Å²) in [7, 11) is 0. The molecule has 180 valence electrons. The van der Waals surface area contributed by atoms with Crippen molar-refractivity contribution < 1.29 is 26.7 Å². The van der Waals surface area contributed by atoms with Gasteiger partial charge in [0.2, 0.25) is 5.75 Å². The standard InChI is InChI=1S/C26H35F5O/c1-2-3-4-5-18-6-8-19(9-7-18)10-11-20-12-14-21(15-13-20)22-16-23(27)25(24(28)17-22)32-26(29,30)31/h3-4,16-21H,2,5-15H2,1H3/b4-3+/t18-,19-,20-,21-. The summed E-state index contributed by atoms with van der Waals surface area (Å²) in [6, 6.07) is 2.01. The molecule has 1 nitrogen and oxygen atoms in total. The fourth-order valence-electron chi connectivity index (χ4n) is 5.50. The molecule has 0 saturated heterocycles. The lowest BCUT2D eigenvalue weighted by atomic mass is 9.74. The Morgan fingerprint density at radius 3 is 1.81 bits per heavy atom. The minimum absolute atomic E-state index is 0.0122. The average Bonchev–Trinajstić information content (AvgIpc) is 2.75. The molecule has 0 radical (unpaired) electrons. The zero-order valence-corrected chi connectivity index (χ0v) is 18.9. The van der Waals surface area contributed by atoms with Crippen LogP contribution in [-0.4, -0.2) is 6.36 Å². The topological polar surface area (TPSA) is 9.23 Å². The van der Waals surface area contributed by atoms with Crippen LogP contribution in [0, 0.1) is 29.4 Å². The predicted octanol–water partition coefficient (Wildman–Crippen LogP) is 9.08. The maximum absolute atomic E-state index is 14.0. The molecule has 0 bridgehead atoms. The SMILES string of the molecule is CC/C=C/C[C@H]1CC[C@H](CC[C@H]2CC[C@H](c3cc(F)c(OC(F)(F)F)c(F)c3)CC2)CC1. The van der Waals surface area contributed by atoms with Gasteiger partial charge in [0.15, 0.2) is 11.6 Å². The molecular weight excluding hydrogens is 423 g/mol. The lowest BCUT2D eigenvalue weighted by Crippen LogP contribution is -2.20. The Kier molecular flexibility index (Phi) is 9.01. The molecular formula is C26H35F5O. The average molecular weight is 459 g/mol. The first-order valence-electron chi connectivity index (χ1n) is 12.1. The molecule has 2 saturated carbocycles. The number of halogens is 5. The molecule has 1 aromatic rings. The predicted molar refractivity (Wildman–Crippen MR) is 116 cm³/mol. The third kappa shape index (κ3) is 7.48. The van der Waals surface area contributed by atoms with Crippen molar-refractivity contribution in [3.05, 3.63) is 41.5 Å². The van der Waals surface area contributed by atoms with Crippen LogP contribution < -0.4 is 4.74 Å². The number of rotatable bonds is 8. The van der Waals surface area contributed by atoms with Gasteiger partial charge >= 0.3 is 6.36 Å². The number of allylic oxidation sites excluding steroid dienone is 2. The van der Waals surface area contributed by atoms with Crippen LogP contribution in [0.4, 0.5) is 22.0 Å². The van der Waals surface area contributed by atoms with E-state index in [0.717, 1.165) is 56.1 Å². The number of hydrogen-bond donors (Lipinski definition) is 0. The van der Waals surface area contributed by atoms with Crippen LogP contribution in [-0.2, 0) is 0 Å². The van der Waals surface area contributed by atoms with Crippen molar-refractivity contribution in [1.29, 1.82) is 0 Å². The van der Waals surface area contributed by atoms with Gasteiger partial charge < -0.3 is 4.74 Å². The molecule has 0 aliphatic heterocycles. The van der Waals surface area contributed by atoms with E-state index in [1.54, 1.807) is 0 Å². The maximum Gasteiger partial charge on any atom is 0.573 e. The van der Waals surface area contributed by atoms with E-state index in [-0.39, 0.29) is 5.92 Å². The Labute approximate surface area is 188 Å². The van der Waals surface area contributed by atoms with E-state index < -0.39 is 23.7 Å². The summed E-state index contributed by atoms with van der Waals surface area (Å²) in [6.45, 7) is 2.17. The molecule has 0 heterocycles. The molecule has 0 aromatic heterocycles. The van der Waals surface area contributed by atoms with Crippen LogP contribution in [0.1, 0.15) is 95.5 Å². The maximum atomic E-state index is 14.0. The summed E-state index contributed by atoms with van der Waals surface area (Å²) in [5, 5.41) is 0. The first-order valence-corrected chi connectivity index (χ1v) is 12.1. The van der Waals surface area contributed by atoms with Gasteiger partial charge in [-0.15, -0.1) is 13.2 Å². The normalized spacial score (nSPS) is 27.1. The highest BCUT2D eigenvalue weighted by atomic mass is 19.4. The van der Waals surface area contributed by atoms with Crippen molar-refractivity contribution in [2.24, 2.45) is 17.8 Å². The molecule has 6 heteroatoms. The van der Waals surface area contributed by atoms with Gasteiger partial charge in [0.1, 0.15) is 0 Å². The van der Waals surface area contributed by atoms with Crippen molar-refractivity contribution in [1.82, 2.24) is 0 Å². The summed E-state index contributed by atoms with van der Waals surface area (Å²) in [4.78, 5) is 0. The van der Waals surface area contributed by atoms with E-state index in [0.29, 0.717) is 11.5 Å². The number of alkyl halides is 3. The van der Waals surface area contributed by atoms with E-state index in [2.05, 4.69) is 23.8 Å². The zero-order valence-electron chi connectivity index (χ0n) is 18.9. The van der Waals surface area contributed by atoms with Crippen LogP contribution in [0.25, 0.3) is 0 Å². The second-order valence-corrected chi connectivity index (χ2v) is 9.66. The van der Waals surface area contributed by atoms with Gasteiger partial charge in [-0.1, -0.05) is 44.8 Å². The molecule has 2 aliphatic rings. The van der Waals surface area contributed by atoms with Crippen molar-refractivity contribution in [2.45, 2.75) is 96.3 Å². The highest BCUT2D eigenvalue weighted by Gasteiger charge is 2.35. The molecule has 0 unspecified atom stereocenters. The Balaban J connectivity index is 1.41. The van der Waals surface area contributed by atoms with E-state index in [4.69, 9.17) is 0 Å². The van der Waals surface area contributed by atoms with Crippen LogP contribution in [0.15, 0.2) is 24.3 Å². The van der Waals surface area contributed by atoms with Gasteiger partial charge in [0, 0.05) is 0 Å². The number of ether oxygens (including phenoxy) is 1. The van der Waals surface area contributed by atoms with Gasteiger partial charge in [-0.05, 0) is 92.7 Å². The molecule has 1 aromatic carbocycles. The first-order chi connectivity index (χ1) is 15.2. The van der Waals surface area contributed by atoms with Crippen molar-refractivity contribution in [3.63, 3.8) is 0 Å². The molecule has 2 fully saturated rings. The molecule has 3 rings (SSSR count). The van der Waals surface area contributed by atoms with E-state index in [9.17, 15) is 22.0 Å². The highest BCUT2D eigenvalue weighted by molar-refractivity contribution is 5.33. The largest absolute Gasteiger partial charge is 0.573 e. The Hall–Kier alpha value is -1.59. The van der Waals surface area contributed by atoms with Crippen LogP contribution in [0.5, 0.6) is 5.75 Å². The molecule has 0 spiro atoms. The monoisotopic (exact) mass is 458 g/mol. The zero-order chi connectivity index (χ0) is 23.1. The van der Waals surface area contributed by atoms with Gasteiger partial charge in [-0.3, -0.25) is 0 Å². The summed E-state index contributed by atoms with van der Waals surface area (Å²) >= 11 is 0. The fourth-order valence-corrected chi connectivity index (χ4v) is 5.50. The fraction of sp³-hybridized carbons (Fsp3) is 0.692. The summed E-state index contributed by atoms with van der Waals surface area (Å²) in [6.07, 6.45) is 13.2. The van der Waals surface area contributed by atoms with Crippen LogP contribution in [0.3, 0.4) is 0 Å². The first kappa shape index (κ1) is 25.0. The molecule has 0 atom stereocenters. The third-order valence-corrected chi connectivity index (χ3v) is 7.38.